The normalized spacial score (nSPS) is 11.0. The van der Waals surface area contributed by atoms with E-state index >= 15 is 0 Å². The van der Waals surface area contributed by atoms with E-state index in [1.165, 1.54) is 6.08 Å². The summed E-state index contributed by atoms with van der Waals surface area (Å²) in [6, 6.07) is 9.10. The maximum atomic E-state index is 12.0. The van der Waals surface area contributed by atoms with E-state index in [1.54, 1.807) is 36.5 Å². The molecule has 1 aromatic carbocycles. The van der Waals surface area contributed by atoms with E-state index in [0.29, 0.717) is 11.3 Å². The number of likely N-dealkylation sites (N-methyl/N-ethyl adjacent to an activating group) is 1. The molecular formula is C19H23N5O. The lowest BCUT2D eigenvalue weighted by Crippen LogP contribution is -2.27. The van der Waals surface area contributed by atoms with Crippen molar-refractivity contribution in [3.8, 4) is 6.07 Å². The lowest BCUT2D eigenvalue weighted by molar-refractivity contribution is -0.111. The molecule has 1 N–H and O–H groups in total. The summed E-state index contributed by atoms with van der Waals surface area (Å²) in [6.45, 7) is 8.03. The molecule has 0 saturated carbocycles. The summed E-state index contributed by atoms with van der Waals surface area (Å²) >= 11 is 0. The highest BCUT2D eigenvalue weighted by molar-refractivity contribution is 6.01. The summed E-state index contributed by atoms with van der Waals surface area (Å²) in [7, 11) is 0. The molecule has 1 aromatic heterocycles. The molecule has 6 nitrogen and oxygen atoms in total. The Hall–Kier alpha value is -2.91. The minimum absolute atomic E-state index is 0.215. The van der Waals surface area contributed by atoms with Crippen molar-refractivity contribution in [2.45, 2.75) is 20.4 Å². The van der Waals surface area contributed by atoms with Crippen molar-refractivity contribution >= 4 is 17.7 Å². The first kappa shape index (κ1) is 18.4. The summed E-state index contributed by atoms with van der Waals surface area (Å²) in [5.41, 5.74) is 2.14. The van der Waals surface area contributed by atoms with Crippen LogP contribution in [0.4, 0.5) is 5.69 Å². The first-order valence-electron chi connectivity index (χ1n) is 8.38. The number of carbonyl (C=O) groups excluding carboxylic acids is 1. The second kappa shape index (κ2) is 9.40. The summed E-state index contributed by atoms with van der Waals surface area (Å²) < 4.78 is 1.83. The van der Waals surface area contributed by atoms with Gasteiger partial charge in [-0.05, 0) is 36.9 Å². The van der Waals surface area contributed by atoms with Gasteiger partial charge in [-0.15, -0.1) is 0 Å². The highest BCUT2D eigenvalue weighted by atomic mass is 16.1. The van der Waals surface area contributed by atoms with Gasteiger partial charge in [0.1, 0.15) is 0 Å². The second-order valence-electron chi connectivity index (χ2n) is 5.58. The van der Waals surface area contributed by atoms with E-state index in [-0.39, 0.29) is 5.91 Å². The molecule has 1 amide bonds. The van der Waals surface area contributed by atoms with Gasteiger partial charge in [0, 0.05) is 18.8 Å². The largest absolute Gasteiger partial charge is 0.320 e. The lowest BCUT2D eigenvalue weighted by Gasteiger charge is -2.17. The highest BCUT2D eigenvalue weighted by Gasteiger charge is 2.04. The average Bonchev–Trinajstić information content (AvgIpc) is 3.08. The van der Waals surface area contributed by atoms with E-state index in [1.807, 2.05) is 10.9 Å². The number of hydrogen-bond donors (Lipinski definition) is 1. The second-order valence-corrected chi connectivity index (χ2v) is 5.58. The minimum Gasteiger partial charge on any atom is -0.320 e. The van der Waals surface area contributed by atoms with Crippen molar-refractivity contribution in [2.24, 2.45) is 0 Å². The standard InChI is InChI=1S/C19H23N5O/c1-3-23(4-2)11-12-24-15-18(14-21-24)22-19(25)10-9-16-5-7-17(13-20)8-6-16/h5-10,14-15H,3-4,11-12H2,1-2H3,(H,22,25). The SMILES string of the molecule is CCN(CC)CCn1cc(NC(=O)C=Cc2ccc(C#N)cc2)cn1. The molecule has 0 unspecified atom stereocenters. The minimum atomic E-state index is -0.215. The van der Waals surface area contributed by atoms with Gasteiger partial charge in [-0.2, -0.15) is 10.4 Å². The molecule has 25 heavy (non-hydrogen) atoms. The third-order valence-electron chi connectivity index (χ3n) is 3.91. The number of carbonyl (C=O) groups is 1. The van der Waals surface area contributed by atoms with Crippen LogP contribution >= 0.6 is 0 Å². The van der Waals surface area contributed by atoms with Crippen molar-refractivity contribution in [3.63, 3.8) is 0 Å². The van der Waals surface area contributed by atoms with E-state index < -0.39 is 0 Å². The Morgan fingerprint density at radius 1 is 1.32 bits per heavy atom. The Bertz CT molecular complexity index is 751. The summed E-state index contributed by atoms with van der Waals surface area (Å²) in [5.74, 6) is -0.215. The van der Waals surface area contributed by atoms with Crippen LogP contribution in [0.2, 0.25) is 0 Å². The Labute approximate surface area is 148 Å². The summed E-state index contributed by atoms with van der Waals surface area (Å²) in [4.78, 5) is 14.3. The smallest absolute Gasteiger partial charge is 0.248 e. The highest BCUT2D eigenvalue weighted by Crippen LogP contribution is 2.07. The van der Waals surface area contributed by atoms with Crippen LogP contribution in [0.3, 0.4) is 0 Å². The maximum Gasteiger partial charge on any atom is 0.248 e. The number of anilines is 1. The van der Waals surface area contributed by atoms with Crippen LogP contribution in [0.15, 0.2) is 42.7 Å². The van der Waals surface area contributed by atoms with Gasteiger partial charge in [-0.25, -0.2) is 0 Å². The van der Waals surface area contributed by atoms with Gasteiger partial charge < -0.3 is 10.2 Å². The Morgan fingerprint density at radius 2 is 2.04 bits per heavy atom. The molecule has 0 aliphatic carbocycles. The monoisotopic (exact) mass is 337 g/mol. The maximum absolute atomic E-state index is 12.0. The van der Waals surface area contributed by atoms with Crippen molar-refractivity contribution in [1.82, 2.24) is 14.7 Å². The predicted molar refractivity (Wildman–Crippen MR) is 98.8 cm³/mol. The fourth-order valence-corrected chi connectivity index (χ4v) is 2.36. The molecular weight excluding hydrogens is 314 g/mol. The molecule has 0 bridgehead atoms. The van der Waals surface area contributed by atoms with Crippen molar-refractivity contribution in [1.29, 1.82) is 5.26 Å². The molecule has 2 rings (SSSR count). The molecule has 0 fully saturated rings. The molecule has 0 spiro atoms. The van der Waals surface area contributed by atoms with Crippen LogP contribution in [0.1, 0.15) is 25.0 Å². The molecule has 6 heteroatoms. The fraction of sp³-hybridized carbons (Fsp3) is 0.316. The number of nitrogens with one attached hydrogen (secondary N) is 1. The number of rotatable bonds is 8. The van der Waals surface area contributed by atoms with Crippen LogP contribution in [-0.4, -0.2) is 40.2 Å². The zero-order valence-electron chi connectivity index (χ0n) is 14.6. The number of hydrogen-bond acceptors (Lipinski definition) is 4. The molecule has 130 valence electrons. The number of amides is 1. The van der Waals surface area contributed by atoms with Gasteiger partial charge in [-0.3, -0.25) is 9.48 Å². The quantitative estimate of drug-likeness (QED) is 0.752. The zero-order chi connectivity index (χ0) is 18.1. The molecule has 0 radical (unpaired) electrons. The molecule has 2 aromatic rings. The van der Waals surface area contributed by atoms with E-state index in [0.717, 1.165) is 31.7 Å². The Balaban J connectivity index is 1.86. The summed E-state index contributed by atoms with van der Waals surface area (Å²) in [6.07, 6.45) is 6.66. The topological polar surface area (TPSA) is 73.9 Å². The number of nitrogens with zero attached hydrogens (tertiary/aromatic N) is 4. The molecule has 0 aliphatic rings. The van der Waals surface area contributed by atoms with Gasteiger partial charge in [0.05, 0.1) is 30.1 Å². The van der Waals surface area contributed by atoms with Gasteiger partial charge in [-0.1, -0.05) is 26.0 Å². The predicted octanol–water partition coefficient (Wildman–Crippen LogP) is 2.75. The molecule has 0 atom stereocenters. The van der Waals surface area contributed by atoms with Crippen LogP contribution in [0.25, 0.3) is 6.08 Å². The number of nitriles is 1. The van der Waals surface area contributed by atoms with Gasteiger partial charge in [0.2, 0.25) is 5.91 Å². The van der Waals surface area contributed by atoms with Crippen molar-refractivity contribution in [2.75, 3.05) is 25.0 Å². The Kier molecular flexibility index (Phi) is 6.93. The van der Waals surface area contributed by atoms with E-state index in [9.17, 15) is 4.79 Å². The Morgan fingerprint density at radius 3 is 2.68 bits per heavy atom. The van der Waals surface area contributed by atoms with Crippen molar-refractivity contribution in [3.05, 3.63) is 53.9 Å². The van der Waals surface area contributed by atoms with Crippen LogP contribution in [0.5, 0.6) is 0 Å². The van der Waals surface area contributed by atoms with Gasteiger partial charge in [0.25, 0.3) is 0 Å². The fourth-order valence-electron chi connectivity index (χ4n) is 2.36. The first-order valence-corrected chi connectivity index (χ1v) is 8.38. The zero-order valence-corrected chi connectivity index (χ0v) is 14.6. The van der Waals surface area contributed by atoms with Crippen LogP contribution in [0, 0.1) is 11.3 Å². The van der Waals surface area contributed by atoms with Gasteiger partial charge >= 0.3 is 0 Å². The first-order chi connectivity index (χ1) is 12.1. The van der Waals surface area contributed by atoms with Crippen molar-refractivity contribution < 1.29 is 4.79 Å². The third kappa shape index (κ3) is 5.90. The average molecular weight is 337 g/mol. The molecule has 1 heterocycles. The molecule has 0 aliphatic heterocycles. The van der Waals surface area contributed by atoms with E-state index in [4.69, 9.17) is 5.26 Å². The van der Waals surface area contributed by atoms with Gasteiger partial charge in [0.15, 0.2) is 0 Å². The molecule has 0 saturated heterocycles. The lowest BCUT2D eigenvalue weighted by atomic mass is 10.1. The van der Waals surface area contributed by atoms with E-state index in [2.05, 4.69) is 35.2 Å². The summed E-state index contributed by atoms with van der Waals surface area (Å²) in [5, 5.41) is 15.8. The third-order valence-corrected chi connectivity index (χ3v) is 3.91. The van der Waals surface area contributed by atoms with Crippen LogP contribution in [-0.2, 0) is 11.3 Å². The number of benzene rings is 1. The number of aromatic nitrogens is 2. The van der Waals surface area contributed by atoms with Crippen LogP contribution < -0.4 is 5.32 Å².